The van der Waals surface area contributed by atoms with Crippen LogP contribution in [0.1, 0.15) is 53.6 Å². The van der Waals surface area contributed by atoms with Crippen LogP contribution in [0, 0.1) is 0 Å². The molecule has 0 N–H and O–H groups in total. The molecule has 2 nitrogen and oxygen atoms in total. The van der Waals surface area contributed by atoms with Crippen LogP contribution in [0.5, 0.6) is 0 Å². The Morgan fingerprint density at radius 1 is 1.05 bits per heavy atom. The van der Waals surface area contributed by atoms with Crippen LogP contribution >= 0.6 is 34.7 Å². The summed E-state index contributed by atoms with van der Waals surface area (Å²) in [5.74, 6) is 2.19. The number of hydrogen-bond donors (Lipinski definition) is 0. The predicted octanol–water partition coefficient (Wildman–Crippen LogP) is 5.18. The topological polar surface area (TPSA) is 25.8 Å². The van der Waals surface area contributed by atoms with Crippen molar-refractivity contribution >= 4 is 44.9 Å². The molecule has 3 heterocycles. The van der Waals surface area contributed by atoms with Crippen molar-refractivity contribution in [1.82, 2.24) is 9.97 Å². The quantitative estimate of drug-likeness (QED) is 0.676. The molecule has 5 heteroatoms. The van der Waals surface area contributed by atoms with Gasteiger partial charge in [0, 0.05) is 4.88 Å². The molecule has 0 aromatic carbocycles. The van der Waals surface area contributed by atoms with Crippen LogP contribution in [0.3, 0.4) is 0 Å². The Hall–Kier alpha value is -0.320. The van der Waals surface area contributed by atoms with Crippen molar-refractivity contribution in [3.05, 3.63) is 21.4 Å². The van der Waals surface area contributed by atoms with Gasteiger partial charge in [0.25, 0.3) is 0 Å². The SMILES string of the molecule is Clc1nc(C2CCCCS2)nc2sc3c(c12)CCCC3. The molecule has 20 heavy (non-hydrogen) atoms. The smallest absolute Gasteiger partial charge is 0.144 e. The molecule has 0 amide bonds. The molecule has 1 aliphatic carbocycles. The van der Waals surface area contributed by atoms with Crippen LogP contribution in [0.4, 0.5) is 0 Å². The molecule has 106 valence electrons. The summed E-state index contributed by atoms with van der Waals surface area (Å²) in [6, 6.07) is 0. The minimum absolute atomic E-state index is 0.449. The monoisotopic (exact) mass is 324 g/mol. The van der Waals surface area contributed by atoms with Gasteiger partial charge >= 0.3 is 0 Å². The highest BCUT2D eigenvalue weighted by molar-refractivity contribution is 7.99. The maximum Gasteiger partial charge on any atom is 0.144 e. The lowest BCUT2D eigenvalue weighted by atomic mass is 9.97. The molecule has 1 unspecified atom stereocenters. The number of hydrogen-bond acceptors (Lipinski definition) is 4. The average Bonchev–Trinajstić information content (AvgIpc) is 2.87. The van der Waals surface area contributed by atoms with E-state index in [0.29, 0.717) is 10.4 Å². The fourth-order valence-electron chi connectivity index (χ4n) is 3.22. The zero-order valence-corrected chi connectivity index (χ0v) is 13.7. The summed E-state index contributed by atoms with van der Waals surface area (Å²) in [7, 11) is 0. The average molecular weight is 325 g/mol. The van der Waals surface area contributed by atoms with E-state index in [4.69, 9.17) is 16.6 Å². The maximum absolute atomic E-state index is 6.51. The van der Waals surface area contributed by atoms with Crippen LogP contribution in [0.2, 0.25) is 5.15 Å². The highest BCUT2D eigenvalue weighted by atomic mass is 35.5. The van der Waals surface area contributed by atoms with Gasteiger partial charge in [-0.05, 0) is 49.8 Å². The normalized spacial score (nSPS) is 22.9. The Morgan fingerprint density at radius 3 is 2.80 bits per heavy atom. The lowest BCUT2D eigenvalue weighted by Crippen LogP contribution is -2.07. The Bertz CT molecular complexity index is 647. The van der Waals surface area contributed by atoms with E-state index in [2.05, 4.69) is 4.98 Å². The summed E-state index contributed by atoms with van der Waals surface area (Å²) >= 11 is 10.3. The number of thioether (sulfide) groups is 1. The van der Waals surface area contributed by atoms with Crippen LogP contribution < -0.4 is 0 Å². The molecule has 1 aliphatic heterocycles. The standard InChI is InChI=1S/C15H17ClN2S2/c16-13-12-9-5-1-2-6-10(9)20-15(12)18-14(17-13)11-7-3-4-8-19-11/h11H,1-8H2. The zero-order chi connectivity index (χ0) is 13.5. The summed E-state index contributed by atoms with van der Waals surface area (Å²) < 4.78 is 0. The number of aryl methyl sites for hydroxylation is 2. The third-order valence-corrected chi connectivity index (χ3v) is 7.09. The first-order valence-corrected chi connectivity index (χ1v) is 9.66. The largest absolute Gasteiger partial charge is 0.221 e. The molecule has 2 aliphatic rings. The molecule has 2 aromatic rings. The third-order valence-electron chi connectivity index (χ3n) is 4.26. The zero-order valence-electron chi connectivity index (χ0n) is 11.3. The first-order chi connectivity index (χ1) is 9.83. The van der Waals surface area contributed by atoms with E-state index in [9.17, 15) is 0 Å². The van der Waals surface area contributed by atoms with Crippen LogP contribution in [0.25, 0.3) is 10.2 Å². The third kappa shape index (κ3) is 2.26. The predicted molar refractivity (Wildman–Crippen MR) is 88.1 cm³/mol. The summed E-state index contributed by atoms with van der Waals surface area (Å²) in [6.07, 6.45) is 8.72. The minimum atomic E-state index is 0.449. The van der Waals surface area contributed by atoms with Crippen molar-refractivity contribution in [2.24, 2.45) is 0 Å². The molecule has 1 fully saturated rings. The van der Waals surface area contributed by atoms with E-state index in [1.54, 1.807) is 0 Å². The van der Waals surface area contributed by atoms with Gasteiger partial charge in [-0.25, -0.2) is 9.97 Å². The van der Waals surface area contributed by atoms with Gasteiger partial charge in [-0.15, -0.1) is 11.3 Å². The number of rotatable bonds is 1. The van der Waals surface area contributed by atoms with E-state index in [1.807, 2.05) is 23.1 Å². The second-order valence-electron chi connectivity index (χ2n) is 5.62. The molecule has 1 saturated heterocycles. The van der Waals surface area contributed by atoms with Gasteiger partial charge in [-0.1, -0.05) is 18.0 Å². The minimum Gasteiger partial charge on any atom is -0.221 e. The highest BCUT2D eigenvalue weighted by Crippen LogP contribution is 2.42. The Morgan fingerprint density at radius 2 is 1.95 bits per heavy atom. The Balaban J connectivity index is 1.81. The van der Waals surface area contributed by atoms with Gasteiger partial charge in [0.15, 0.2) is 0 Å². The van der Waals surface area contributed by atoms with Crippen molar-refractivity contribution in [2.75, 3.05) is 5.75 Å². The van der Waals surface area contributed by atoms with E-state index in [-0.39, 0.29) is 0 Å². The van der Waals surface area contributed by atoms with Gasteiger partial charge in [0.2, 0.25) is 0 Å². The second-order valence-corrected chi connectivity index (χ2v) is 8.37. The highest BCUT2D eigenvalue weighted by Gasteiger charge is 2.24. The number of fused-ring (bicyclic) bond motifs is 3. The Labute approximate surface area is 132 Å². The summed E-state index contributed by atoms with van der Waals surface area (Å²) in [5, 5.41) is 2.29. The number of aromatic nitrogens is 2. The number of thiophene rings is 1. The molecule has 2 aromatic heterocycles. The molecule has 0 bridgehead atoms. The van der Waals surface area contributed by atoms with Crippen molar-refractivity contribution in [3.8, 4) is 0 Å². The summed E-state index contributed by atoms with van der Waals surface area (Å²) in [4.78, 5) is 12.1. The number of halogens is 1. The van der Waals surface area contributed by atoms with Crippen molar-refractivity contribution < 1.29 is 0 Å². The van der Waals surface area contributed by atoms with Crippen molar-refractivity contribution in [3.63, 3.8) is 0 Å². The van der Waals surface area contributed by atoms with Gasteiger partial charge in [-0.2, -0.15) is 11.8 Å². The molecule has 0 radical (unpaired) electrons. The van der Waals surface area contributed by atoms with Crippen molar-refractivity contribution in [2.45, 2.75) is 50.2 Å². The fraction of sp³-hybridized carbons (Fsp3) is 0.600. The molecule has 4 rings (SSSR count). The Kier molecular flexibility index (Phi) is 3.65. The van der Waals surface area contributed by atoms with Crippen molar-refractivity contribution in [1.29, 1.82) is 0 Å². The van der Waals surface area contributed by atoms with Crippen LogP contribution in [0.15, 0.2) is 0 Å². The molecular formula is C15H17ClN2S2. The maximum atomic E-state index is 6.51. The van der Waals surface area contributed by atoms with Gasteiger partial charge in [0.05, 0.1) is 10.6 Å². The lowest BCUT2D eigenvalue weighted by molar-refractivity contribution is 0.664. The fourth-order valence-corrected chi connectivity index (χ4v) is 6.07. The second kappa shape index (κ2) is 5.47. The van der Waals surface area contributed by atoms with Gasteiger partial charge < -0.3 is 0 Å². The van der Waals surface area contributed by atoms with Gasteiger partial charge in [0.1, 0.15) is 15.8 Å². The summed E-state index contributed by atoms with van der Waals surface area (Å²) in [6.45, 7) is 0. The first-order valence-electron chi connectivity index (χ1n) is 7.42. The molecular weight excluding hydrogens is 308 g/mol. The molecule has 0 saturated carbocycles. The summed E-state index contributed by atoms with van der Waals surface area (Å²) in [5.41, 5.74) is 1.43. The van der Waals surface area contributed by atoms with Crippen LogP contribution in [-0.2, 0) is 12.8 Å². The lowest BCUT2D eigenvalue weighted by Gasteiger charge is -2.20. The van der Waals surface area contributed by atoms with E-state index in [0.717, 1.165) is 22.5 Å². The number of nitrogens with zero attached hydrogens (tertiary/aromatic N) is 2. The van der Waals surface area contributed by atoms with E-state index in [1.165, 1.54) is 54.7 Å². The van der Waals surface area contributed by atoms with Gasteiger partial charge in [-0.3, -0.25) is 0 Å². The first kappa shape index (κ1) is 13.4. The van der Waals surface area contributed by atoms with Crippen LogP contribution in [-0.4, -0.2) is 15.7 Å². The van der Waals surface area contributed by atoms with E-state index < -0.39 is 0 Å². The molecule has 1 atom stereocenters. The molecule has 0 spiro atoms. The van der Waals surface area contributed by atoms with E-state index >= 15 is 0 Å².